The largest absolute Gasteiger partial charge is 0.418 e. The highest BCUT2D eigenvalue weighted by molar-refractivity contribution is 6.05. The molecular weight excluding hydrogens is 814 g/mol. The molecule has 2 atom stereocenters. The number of nitrogens with zero attached hydrogens (tertiary/aromatic N) is 9. The van der Waals surface area contributed by atoms with E-state index in [-0.39, 0.29) is 29.7 Å². The van der Waals surface area contributed by atoms with Gasteiger partial charge in [-0.1, -0.05) is 18.6 Å². The number of aryl methyl sites for hydroxylation is 1. The summed E-state index contributed by atoms with van der Waals surface area (Å²) in [4.78, 5) is 59.8. The van der Waals surface area contributed by atoms with E-state index >= 15 is 0 Å². The van der Waals surface area contributed by atoms with Gasteiger partial charge >= 0.3 is 11.9 Å². The molecule has 1 saturated carbocycles. The predicted molar refractivity (Wildman–Crippen MR) is 227 cm³/mol. The van der Waals surface area contributed by atoms with Crippen molar-refractivity contribution in [3.05, 3.63) is 111 Å². The van der Waals surface area contributed by atoms with Crippen molar-refractivity contribution >= 4 is 28.9 Å². The van der Waals surface area contributed by atoms with Gasteiger partial charge in [0.15, 0.2) is 0 Å². The predicted octanol–water partition coefficient (Wildman–Crippen LogP) is 4.96. The zero-order valence-electron chi connectivity index (χ0n) is 35.3. The number of carbonyl (C=O) groups excluding carboxylic acids is 3. The Bertz CT molecular complexity index is 2630. The minimum atomic E-state index is -4.65. The molecule has 330 valence electrons. The van der Waals surface area contributed by atoms with Gasteiger partial charge in [-0.25, -0.2) is 4.79 Å². The molecule has 14 nitrogen and oxygen atoms in total. The average molecular weight is 865 g/mol. The zero-order chi connectivity index (χ0) is 43.6. The van der Waals surface area contributed by atoms with Crippen LogP contribution in [-0.4, -0.2) is 108 Å². The number of piperidine rings is 2. The number of amides is 3. The smallest absolute Gasteiger partial charge is 0.369 e. The fourth-order valence-electron chi connectivity index (χ4n) is 10.5. The second-order valence-corrected chi connectivity index (χ2v) is 18.1. The van der Waals surface area contributed by atoms with Gasteiger partial charge in [-0.05, 0) is 110 Å². The van der Waals surface area contributed by atoms with Crippen LogP contribution in [0.4, 0.5) is 18.9 Å². The van der Waals surface area contributed by atoms with Crippen molar-refractivity contribution in [3.63, 3.8) is 0 Å². The van der Waals surface area contributed by atoms with Crippen LogP contribution in [-0.2, 0) is 35.9 Å². The summed E-state index contributed by atoms with van der Waals surface area (Å²) in [7, 11) is 1.91. The molecule has 5 aliphatic rings. The highest BCUT2D eigenvalue weighted by Crippen LogP contribution is 2.43. The average Bonchev–Trinajstić information content (AvgIpc) is 3.93. The number of hydrogen-bond acceptors (Lipinski definition) is 9. The Morgan fingerprint density at radius 1 is 0.857 bits per heavy atom. The number of benzene rings is 2. The molecule has 0 radical (unpaired) electrons. The van der Waals surface area contributed by atoms with Gasteiger partial charge in [0.05, 0.1) is 16.8 Å². The molecule has 63 heavy (non-hydrogen) atoms. The van der Waals surface area contributed by atoms with E-state index in [1.165, 1.54) is 16.8 Å². The number of imide groups is 1. The third-order valence-electron chi connectivity index (χ3n) is 14.2. The highest BCUT2D eigenvalue weighted by Gasteiger charge is 2.40. The number of aromatic nitrogens is 5. The number of fused-ring (bicyclic) bond motifs is 2. The molecule has 1 aliphatic carbocycles. The van der Waals surface area contributed by atoms with Gasteiger partial charge in [0.25, 0.3) is 5.91 Å². The Morgan fingerprint density at radius 2 is 1.65 bits per heavy atom. The lowest BCUT2D eigenvalue weighted by Crippen LogP contribution is -2.52. The second-order valence-electron chi connectivity index (χ2n) is 18.1. The van der Waals surface area contributed by atoms with E-state index in [0.717, 1.165) is 105 Å². The molecule has 4 aliphatic heterocycles. The van der Waals surface area contributed by atoms with Crippen LogP contribution in [0.5, 0.6) is 0 Å². The highest BCUT2D eigenvalue weighted by atomic mass is 19.4. The molecule has 10 rings (SSSR count). The number of piperazine rings is 1. The summed E-state index contributed by atoms with van der Waals surface area (Å²) in [5, 5.41) is 10.9. The lowest BCUT2D eigenvalue weighted by molar-refractivity contribution is -0.137. The minimum absolute atomic E-state index is 0.0363. The number of imidazole rings is 1. The number of likely N-dealkylation sites (tertiary alicyclic amines) is 1. The van der Waals surface area contributed by atoms with Crippen LogP contribution in [0, 0.1) is 11.8 Å². The maximum Gasteiger partial charge on any atom is 0.418 e. The van der Waals surface area contributed by atoms with Crippen LogP contribution in [0.2, 0.25) is 0 Å². The third-order valence-corrected chi connectivity index (χ3v) is 14.2. The number of pyridine rings is 1. The Hall–Kier alpha value is -5.81. The number of halogens is 3. The summed E-state index contributed by atoms with van der Waals surface area (Å²) in [5.41, 5.74) is 2.91. The summed E-state index contributed by atoms with van der Waals surface area (Å²) < 4.78 is 48.4. The van der Waals surface area contributed by atoms with E-state index in [1.54, 1.807) is 23.5 Å². The molecule has 2 aromatic carbocycles. The lowest BCUT2D eigenvalue weighted by Gasteiger charge is -2.39. The Kier molecular flexibility index (Phi) is 10.7. The normalized spacial score (nSPS) is 21.3. The fraction of sp³-hybridized carbons (Fsp3) is 0.478. The molecule has 1 unspecified atom stereocenters. The maximum absolute atomic E-state index is 14.7. The summed E-state index contributed by atoms with van der Waals surface area (Å²) in [5.74, 6) is 0.736. The topological polar surface area (TPSA) is 133 Å². The van der Waals surface area contributed by atoms with E-state index in [9.17, 15) is 32.3 Å². The van der Waals surface area contributed by atoms with Crippen molar-refractivity contribution in [2.24, 2.45) is 18.9 Å². The number of carbonyl (C=O) groups is 3. The number of alkyl halides is 3. The molecule has 0 spiro atoms. The minimum Gasteiger partial charge on any atom is -0.369 e. The molecular formula is C46H51F3N10O4. The van der Waals surface area contributed by atoms with Crippen molar-refractivity contribution in [1.29, 1.82) is 0 Å². The number of nitrogens with one attached hydrogen (secondary N) is 1. The molecule has 3 amide bonds. The van der Waals surface area contributed by atoms with E-state index in [4.69, 9.17) is 0 Å². The van der Waals surface area contributed by atoms with Crippen LogP contribution in [0.15, 0.2) is 72.0 Å². The first-order valence-electron chi connectivity index (χ1n) is 22.1. The molecule has 1 N–H and O–H groups in total. The first kappa shape index (κ1) is 41.2. The number of hydrogen-bond donors (Lipinski definition) is 1. The maximum atomic E-state index is 14.7. The van der Waals surface area contributed by atoms with E-state index in [0.29, 0.717) is 48.2 Å². The van der Waals surface area contributed by atoms with Crippen molar-refractivity contribution in [2.75, 3.05) is 50.7 Å². The van der Waals surface area contributed by atoms with Crippen molar-refractivity contribution in [2.45, 2.75) is 76.2 Å². The quantitative estimate of drug-likeness (QED) is 0.194. The summed E-state index contributed by atoms with van der Waals surface area (Å²) in [6.07, 6.45) is 5.54. The van der Waals surface area contributed by atoms with Crippen LogP contribution < -0.4 is 15.9 Å². The lowest BCUT2D eigenvalue weighted by atomic mass is 9.72. The zero-order valence-corrected chi connectivity index (χ0v) is 35.3. The van der Waals surface area contributed by atoms with Crippen molar-refractivity contribution < 1.29 is 27.6 Å². The number of rotatable bonds is 10. The molecule has 3 aromatic heterocycles. The van der Waals surface area contributed by atoms with Gasteiger partial charge in [-0.15, -0.1) is 10.2 Å². The molecule has 17 heteroatoms. The van der Waals surface area contributed by atoms with Gasteiger partial charge < -0.3 is 14.4 Å². The van der Waals surface area contributed by atoms with Crippen molar-refractivity contribution in [1.82, 2.24) is 43.7 Å². The number of anilines is 1. The van der Waals surface area contributed by atoms with Gasteiger partial charge in [0, 0.05) is 88.8 Å². The summed E-state index contributed by atoms with van der Waals surface area (Å²) in [6.45, 7) is 6.57. The first-order chi connectivity index (χ1) is 30.4. The molecule has 5 aromatic rings. The van der Waals surface area contributed by atoms with Gasteiger partial charge in [0.1, 0.15) is 18.2 Å². The summed E-state index contributed by atoms with van der Waals surface area (Å²) >= 11 is 0. The second kappa shape index (κ2) is 16.4. The van der Waals surface area contributed by atoms with Crippen LogP contribution in [0.1, 0.15) is 89.3 Å². The molecule has 7 heterocycles. The SMILES string of the molecule is Cn1cnnc1[C@@H](c1cccc(-n2cc3c(C(F)(F)F)cc(CN4CCC(CN5CCN(c6ccc7c(c6)CN(C6CCC(=O)NC6=O)C7=O)CC5)CC4)cn3c2=O)c1)C1CCC1. The Labute approximate surface area is 362 Å². The third kappa shape index (κ3) is 7.94. The molecule has 4 fully saturated rings. The van der Waals surface area contributed by atoms with Gasteiger partial charge in [-0.3, -0.25) is 38.5 Å². The fourth-order valence-corrected chi connectivity index (χ4v) is 10.5. The standard InChI is InChI=1S/C46H51F3N10O4/c1-53-28-50-52-42(53)41(31-4-2-5-31)32-6-3-7-35(21-32)57-27-39-37(46(47,48)49)20-30(25-59(39)45(57)63)24-54-14-12-29(13-15-54)23-55-16-18-56(19-17-55)34-8-9-36-33(22-34)26-58(44(36)62)38-10-11-40(60)51-43(38)61/h3,6-9,20-22,25,27-29,31,38,41H,2,4-5,10-19,23-24,26H2,1H3,(H,51,60,61)/t38?,41-/m1/s1. The van der Waals surface area contributed by atoms with E-state index in [2.05, 4.69) is 36.3 Å². The van der Waals surface area contributed by atoms with Crippen LogP contribution >= 0.6 is 0 Å². The van der Waals surface area contributed by atoms with E-state index in [1.807, 2.05) is 41.9 Å². The van der Waals surface area contributed by atoms with Gasteiger partial charge in [0.2, 0.25) is 11.8 Å². The first-order valence-corrected chi connectivity index (χ1v) is 22.1. The molecule has 3 saturated heterocycles. The van der Waals surface area contributed by atoms with Gasteiger partial charge in [-0.2, -0.15) is 13.2 Å². The Morgan fingerprint density at radius 3 is 2.35 bits per heavy atom. The molecule has 0 bridgehead atoms. The Balaban J connectivity index is 0.765. The van der Waals surface area contributed by atoms with Crippen molar-refractivity contribution in [3.8, 4) is 5.69 Å². The van der Waals surface area contributed by atoms with Crippen LogP contribution in [0.3, 0.4) is 0 Å². The summed E-state index contributed by atoms with van der Waals surface area (Å²) in [6, 6.07) is 14.0. The van der Waals surface area contributed by atoms with E-state index < -0.39 is 29.4 Å². The monoisotopic (exact) mass is 864 g/mol. The van der Waals surface area contributed by atoms with Crippen LogP contribution in [0.25, 0.3) is 11.2 Å².